The van der Waals surface area contributed by atoms with Crippen molar-refractivity contribution in [3.8, 4) is 0 Å². The maximum absolute atomic E-state index is 12.6. The summed E-state index contributed by atoms with van der Waals surface area (Å²) in [5.74, 6) is -5.10. The summed E-state index contributed by atoms with van der Waals surface area (Å²) in [6, 6.07) is 4.19. The van der Waals surface area contributed by atoms with E-state index in [1.807, 2.05) is 13.8 Å². The number of amides is 1. The molecule has 0 heterocycles. The van der Waals surface area contributed by atoms with Crippen LogP contribution in [0.4, 0.5) is 39.5 Å². The second-order valence-corrected chi connectivity index (χ2v) is 8.10. The van der Waals surface area contributed by atoms with E-state index in [0.29, 0.717) is 17.9 Å². The Kier molecular flexibility index (Phi) is 16.8. The lowest BCUT2D eigenvalue weighted by Gasteiger charge is -2.25. The number of carboxylic acid groups (broad SMARTS) is 2. The lowest BCUT2D eigenvalue weighted by atomic mass is 9.98. The summed E-state index contributed by atoms with van der Waals surface area (Å²) in [5.41, 5.74) is 5.72. The molecule has 0 aromatic heterocycles. The van der Waals surface area contributed by atoms with E-state index in [4.69, 9.17) is 25.5 Å². The number of halogens is 9. The molecule has 0 aliphatic carbocycles. The fourth-order valence-corrected chi connectivity index (χ4v) is 2.37. The highest BCUT2D eigenvalue weighted by atomic mass is 32.1. The number of hydrogen-bond acceptors (Lipinski definition) is 6. The number of carbonyl (C=O) groups excluding carboxylic acids is 1. The standard InChI is InChI=1S/C17H26F3N3OS.2C2HF3O2/c1-3-11(2)15(22-9-14(21)10-25)16(24)23-8-12-4-6-13(7-5-12)17(18,19)20;2*3-2(4,5)1(6)7/h4-7,11,14-15,22,25H,3,8-10,21H2,1-2H3,(H,23,24);2*(H,6,7)/t11-,14?,15+;;/m0../s1. The van der Waals surface area contributed by atoms with Crippen molar-refractivity contribution in [1.29, 1.82) is 0 Å². The number of carbonyl (C=O) groups is 3. The topological polar surface area (TPSA) is 142 Å². The Hall–Kier alpha value is -2.73. The van der Waals surface area contributed by atoms with Gasteiger partial charge in [0, 0.05) is 24.9 Å². The van der Waals surface area contributed by atoms with Gasteiger partial charge in [-0.3, -0.25) is 4.79 Å². The van der Waals surface area contributed by atoms with Gasteiger partial charge in [-0.2, -0.15) is 52.1 Å². The molecule has 0 saturated carbocycles. The zero-order valence-electron chi connectivity index (χ0n) is 20.4. The molecule has 8 nitrogen and oxygen atoms in total. The van der Waals surface area contributed by atoms with Gasteiger partial charge in [0.2, 0.25) is 5.91 Å². The molecule has 6 N–H and O–H groups in total. The van der Waals surface area contributed by atoms with Crippen LogP contribution in [0.3, 0.4) is 0 Å². The van der Waals surface area contributed by atoms with Gasteiger partial charge >= 0.3 is 30.5 Å². The number of alkyl halides is 9. The van der Waals surface area contributed by atoms with E-state index in [-0.39, 0.29) is 24.4 Å². The van der Waals surface area contributed by atoms with Crippen LogP contribution in [0.25, 0.3) is 0 Å². The molecule has 1 unspecified atom stereocenters. The fraction of sp³-hybridized carbons (Fsp3) is 0.571. The molecule has 0 bridgehead atoms. The molecule has 3 atom stereocenters. The summed E-state index contributed by atoms with van der Waals surface area (Å²) in [7, 11) is 0. The van der Waals surface area contributed by atoms with Gasteiger partial charge in [0.15, 0.2) is 0 Å². The quantitative estimate of drug-likeness (QED) is 0.186. The van der Waals surface area contributed by atoms with Crippen molar-refractivity contribution in [1.82, 2.24) is 10.6 Å². The molecule has 1 amide bonds. The van der Waals surface area contributed by atoms with Crippen LogP contribution < -0.4 is 16.4 Å². The Balaban J connectivity index is 0. The van der Waals surface area contributed by atoms with E-state index in [0.717, 1.165) is 18.6 Å². The first-order chi connectivity index (χ1) is 17.6. The Bertz CT molecular complexity index is 871. The van der Waals surface area contributed by atoms with Crippen molar-refractivity contribution in [3.63, 3.8) is 0 Å². The van der Waals surface area contributed by atoms with Crippen molar-refractivity contribution >= 4 is 30.5 Å². The zero-order valence-corrected chi connectivity index (χ0v) is 21.3. The molecule has 1 aromatic rings. The third-order valence-electron chi connectivity index (χ3n) is 4.56. The Morgan fingerprint density at radius 2 is 1.33 bits per heavy atom. The Morgan fingerprint density at radius 1 is 0.923 bits per heavy atom. The third-order valence-corrected chi connectivity index (χ3v) is 5.03. The van der Waals surface area contributed by atoms with E-state index in [2.05, 4.69) is 23.3 Å². The highest BCUT2D eigenvalue weighted by molar-refractivity contribution is 7.80. The van der Waals surface area contributed by atoms with Crippen LogP contribution in [0.5, 0.6) is 0 Å². The van der Waals surface area contributed by atoms with E-state index in [1.54, 1.807) is 0 Å². The minimum atomic E-state index is -5.08. The third kappa shape index (κ3) is 17.5. The van der Waals surface area contributed by atoms with Crippen molar-refractivity contribution in [2.45, 2.75) is 57.4 Å². The molecule has 18 heteroatoms. The minimum absolute atomic E-state index is 0.0970. The molecule has 0 fully saturated rings. The number of nitrogens with one attached hydrogen (secondary N) is 2. The minimum Gasteiger partial charge on any atom is -0.475 e. The summed E-state index contributed by atoms with van der Waals surface area (Å²) in [6.07, 6.45) is -13.7. The van der Waals surface area contributed by atoms with Crippen molar-refractivity contribution in [2.75, 3.05) is 12.3 Å². The van der Waals surface area contributed by atoms with Crippen molar-refractivity contribution < 1.29 is 64.1 Å². The summed E-state index contributed by atoms with van der Waals surface area (Å²) in [6.45, 7) is 4.58. The number of thiol groups is 1. The molecule has 226 valence electrons. The van der Waals surface area contributed by atoms with Gasteiger partial charge in [0.05, 0.1) is 11.6 Å². The maximum Gasteiger partial charge on any atom is 0.490 e. The predicted octanol–water partition coefficient (Wildman–Crippen LogP) is 3.85. The van der Waals surface area contributed by atoms with Gasteiger partial charge in [0.1, 0.15) is 0 Å². The molecular formula is C21H28F9N3O5S. The van der Waals surface area contributed by atoms with Crippen LogP contribution in [0.15, 0.2) is 24.3 Å². The van der Waals surface area contributed by atoms with Gasteiger partial charge in [0.25, 0.3) is 0 Å². The Labute approximate surface area is 222 Å². The summed E-state index contributed by atoms with van der Waals surface area (Å²) in [4.78, 5) is 30.2. The first kappa shape index (κ1) is 38.4. The largest absolute Gasteiger partial charge is 0.490 e. The first-order valence-corrected chi connectivity index (χ1v) is 11.3. The molecule has 1 rings (SSSR count). The second kappa shape index (κ2) is 17.1. The summed E-state index contributed by atoms with van der Waals surface area (Å²) in [5, 5.41) is 20.2. The van der Waals surface area contributed by atoms with Gasteiger partial charge < -0.3 is 26.6 Å². The number of aliphatic carboxylic acids is 2. The Morgan fingerprint density at radius 3 is 1.64 bits per heavy atom. The number of rotatable bonds is 9. The van der Waals surface area contributed by atoms with Crippen molar-refractivity contribution in [2.24, 2.45) is 11.7 Å². The van der Waals surface area contributed by atoms with Crippen molar-refractivity contribution in [3.05, 3.63) is 35.4 Å². The number of benzene rings is 1. The molecule has 0 aliphatic rings. The lowest BCUT2D eigenvalue weighted by Crippen LogP contribution is -2.51. The fourth-order valence-electron chi connectivity index (χ4n) is 2.24. The van der Waals surface area contributed by atoms with Gasteiger partial charge in [-0.1, -0.05) is 32.4 Å². The van der Waals surface area contributed by atoms with E-state index >= 15 is 0 Å². The number of carboxylic acids is 2. The average Bonchev–Trinajstić information content (AvgIpc) is 2.81. The average molecular weight is 606 g/mol. The highest BCUT2D eigenvalue weighted by Gasteiger charge is 2.39. The molecular weight excluding hydrogens is 577 g/mol. The molecule has 1 aromatic carbocycles. The second-order valence-electron chi connectivity index (χ2n) is 7.73. The van der Waals surface area contributed by atoms with Gasteiger partial charge in [-0.25, -0.2) is 9.59 Å². The van der Waals surface area contributed by atoms with Gasteiger partial charge in [-0.15, -0.1) is 0 Å². The molecule has 39 heavy (non-hydrogen) atoms. The highest BCUT2D eigenvalue weighted by Crippen LogP contribution is 2.29. The van der Waals surface area contributed by atoms with E-state index < -0.39 is 42.1 Å². The van der Waals surface area contributed by atoms with Crippen LogP contribution >= 0.6 is 12.6 Å². The lowest BCUT2D eigenvalue weighted by molar-refractivity contribution is -0.193. The molecule has 0 spiro atoms. The first-order valence-electron chi connectivity index (χ1n) is 10.7. The SMILES string of the molecule is CC[C@H](C)[C@@H](NCC(N)CS)C(=O)NCc1ccc(C(F)(F)F)cc1.O=C(O)C(F)(F)F.O=C(O)C(F)(F)F. The van der Waals surface area contributed by atoms with E-state index in [9.17, 15) is 44.3 Å². The normalized spacial score (nSPS) is 14.0. The van der Waals surface area contributed by atoms with Crippen LogP contribution in [-0.4, -0.2) is 64.8 Å². The molecule has 0 aliphatic heterocycles. The summed E-state index contributed by atoms with van der Waals surface area (Å²) >= 11 is 4.12. The monoisotopic (exact) mass is 605 g/mol. The van der Waals surface area contributed by atoms with Crippen LogP contribution in [0.1, 0.15) is 31.4 Å². The van der Waals surface area contributed by atoms with E-state index in [1.165, 1.54) is 12.1 Å². The van der Waals surface area contributed by atoms with Crippen LogP contribution in [-0.2, 0) is 27.1 Å². The molecule has 0 saturated heterocycles. The number of hydrogen-bond donors (Lipinski definition) is 6. The number of nitrogens with two attached hydrogens (primary N) is 1. The smallest absolute Gasteiger partial charge is 0.475 e. The van der Waals surface area contributed by atoms with Gasteiger partial charge in [-0.05, 0) is 23.6 Å². The zero-order chi connectivity index (χ0) is 31.2. The molecule has 0 radical (unpaired) electrons. The predicted molar refractivity (Wildman–Crippen MR) is 124 cm³/mol. The van der Waals surface area contributed by atoms with Crippen LogP contribution in [0.2, 0.25) is 0 Å². The maximum atomic E-state index is 12.6. The summed E-state index contributed by atoms with van der Waals surface area (Å²) < 4.78 is 101. The van der Waals surface area contributed by atoms with Crippen LogP contribution in [0, 0.1) is 5.92 Å².